The molecule has 15 heavy (non-hydrogen) atoms. The third-order valence-corrected chi connectivity index (χ3v) is 2.25. The molecule has 0 unspecified atom stereocenters. The number of aromatic amines is 1. The number of aliphatic hydroxyl groups is 1. The van der Waals surface area contributed by atoms with Crippen molar-refractivity contribution in [3.8, 4) is 11.1 Å². The lowest BCUT2D eigenvalue weighted by molar-refractivity contribution is 0.0900. The number of hydrogen-bond acceptors (Lipinski definition) is 2. The lowest BCUT2D eigenvalue weighted by Crippen LogP contribution is -2.05. The van der Waals surface area contributed by atoms with Crippen LogP contribution in [0.1, 0.15) is 10.5 Å². The number of carbonyl (C=O) groups is 1. The van der Waals surface area contributed by atoms with Gasteiger partial charge in [-0.25, -0.2) is 0 Å². The molecule has 2 aromatic rings. The average molecular weight is 201 g/mol. The molecule has 3 nitrogen and oxygen atoms in total. The molecule has 2 rings (SSSR count). The fourth-order valence-corrected chi connectivity index (χ4v) is 1.54. The summed E-state index contributed by atoms with van der Waals surface area (Å²) < 4.78 is 0. The van der Waals surface area contributed by atoms with Crippen LogP contribution >= 0.6 is 0 Å². The molecule has 2 N–H and O–H groups in total. The van der Waals surface area contributed by atoms with E-state index in [1.807, 2.05) is 36.4 Å². The van der Waals surface area contributed by atoms with Crippen molar-refractivity contribution in [2.45, 2.75) is 0 Å². The molecule has 0 radical (unpaired) electrons. The van der Waals surface area contributed by atoms with E-state index in [1.54, 1.807) is 6.20 Å². The van der Waals surface area contributed by atoms with Crippen molar-refractivity contribution >= 4 is 5.78 Å². The maximum absolute atomic E-state index is 11.4. The fourth-order valence-electron chi connectivity index (χ4n) is 1.54. The normalized spacial score (nSPS) is 10.2. The zero-order chi connectivity index (χ0) is 10.7. The lowest BCUT2D eigenvalue weighted by atomic mass is 10.0. The van der Waals surface area contributed by atoms with Gasteiger partial charge in [-0.3, -0.25) is 4.79 Å². The van der Waals surface area contributed by atoms with E-state index in [9.17, 15) is 4.79 Å². The summed E-state index contributed by atoms with van der Waals surface area (Å²) >= 11 is 0. The molecule has 1 heterocycles. The van der Waals surface area contributed by atoms with Gasteiger partial charge in [0.15, 0.2) is 0 Å². The Hall–Kier alpha value is -1.87. The molecule has 0 spiro atoms. The Bertz CT molecular complexity index is 459. The third-order valence-electron chi connectivity index (χ3n) is 2.25. The van der Waals surface area contributed by atoms with Gasteiger partial charge in [-0.2, -0.15) is 0 Å². The number of nitrogens with one attached hydrogen (secondary N) is 1. The molecule has 0 aliphatic carbocycles. The van der Waals surface area contributed by atoms with Crippen molar-refractivity contribution in [2.24, 2.45) is 0 Å². The predicted molar refractivity (Wildman–Crippen MR) is 57.6 cm³/mol. The largest absolute Gasteiger partial charge is 0.388 e. The highest BCUT2D eigenvalue weighted by Crippen LogP contribution is 2.22. The van der Waals surface area contributed by atoms with E-state index in [-0.39, 0.29) is 5.78 Å². The number of aromatic nitrogens is 1. The average Bonchev–Trinajstić information content (AvgIpc) is 2.78. The topological polar surface area (TPSA) is 53.1 Å². The molecule has 0 saturated heterocycles. The van der Waals surface area contributed by atoms with E-state index in [4.69, 9.17) is 5.11 Å². The van der Waals surface area contributed by atoms with Gasteiger partial charge in [0, 0.05) is 11.8 Å². The second kappa shape index (κ2) is 4.11. The molecule has 0 atom stereocenters. The number of aliphatic hydroxyl groups excluding tert-OH is 1. The minimum Gasteiger partial charge on any atom is -0.388 e. The Balaban J connectivity index is 2.46. The van der Waals surface area contributed by atoms with E-state index >= 15 is 0 Å². The van der Waals surface area contributed by atoms with Crippen LogP contribution in [0.3, 0.4) is 0 Å². The van der Waals surface area contributed by atoms with Crippen molar-refractivity contribution in [1.29, 1.82) is 0 Å². The van der Waals surface area contributed by atoms with Gasteiger partial charge in [-0.05, 0) is 11.6 Å². The molecule has 0 bridgehead atoms. The first-order chi connectivity index (χ1) is 7.33. The van der Waals surface area contributed by atoms with E-state index in [0.29, 0.717) is 5.69 Å². The maximum Gasteiger partial charge on any atom is 0.204 e. The van der Waals surface area contributed by atoms with Gasteiger partial charge in [-0.1, -0.05) is 30.3 Å². The van der Waals surface area contributed by atoms with Crippen LogP contribution in [0.4, 0.5) is 0 Å². The molecule has 0 aliphatic heterocycles. The summed E-state index contributed by atoms with van der Waals surface area (Å²) in [4.78, 5) is 14.2. The zero-order valence-corrected chi connectivity index (χ0v) is 8.10. The molecular formula is C12H11NO2. The van der Waals surface area contributed by atoms with Crippen LogP contribution < -0.4 is 0 Å². The van der Waals surface area contributed by atoms with Crippen LogP contribution in [0.25, 0.3) is 11.1 Å². The number of H-pyrrole nitrogens is 1. The Morgan fingerprint density at radius 3 is 2.60 bits per heavy atom. The molecule has 0 amide bonds. The number of carbonyl (C=O) groups excluding carboxylic acids is 1. The van der Waals surface area contributed by atoms with Crippen molar-refractivity contribution in [1.82, 2.24) is 4.98 Å². The molecule has 0 saturated carbocycles. The van der Waals surface area contributed by atoms with Crippen LogP contribution in [0.2, 0.25) is 0 Å². The number of ketones is 1. The number of benzene rings is 1. The molecule has 0 fully saturated rings. The second-order valence-corrected chi connectivity index (χ2v) is 3.21. The van der Waals surface area contributed by atoms with Crippen molar-refractivity contribution in [3.63, 3.8) is 0 Å². The Labute approximate surface area is 87.4 Å². The Morgan fingerprint density at radius 1 is 1.20 bits per heavy atom. The highest BCUT2D eigenvalue weighted by Gasteiger charge is 2.12. The van der Waals surface area contributed by atoms with E-state index in [2.05, 4.69) is 4.98 Å². The van der Waals surface area contributed by atoms with Gasteiger partial charge >= 0.3 is 0 Å². The van der Waals surface area contributed by atoms with Crippen LogP contribution in [0, 0.1) is 0 Å². The molecule has 0 aliphatic rings. The first kappa shape index (κ1) is 9.68. The number of Topliss-reactive ketones (excluding diaryl/α,β-unsaturated/α-hetero) is 1. The van der Waals surface area contributed by atoms with Crippen molar-refractivity contribution in [3.05, 3.63) is 48.3 Å². The number of hydrogen-bond donors (Lipinski definition) is 2. The SMILES string of the molecule is O=C(CO)c1[nH]ccc1-c1ccccc1. The summed E-state index contributed by atoms with van der Waals surface area (Å²) in [7, 11) is 0. The van der Waals surface area contributed by atoms with Crippen molar-refractivity contribution < 1.29 is 9.90 Å². The minimum absolute atomic E-state index is 0.293. The van der Waals surface area contributed by atoms with Gasteiger partial charge < -0.3 is 10.1 Å². The van der Waals surface area contributed by atoms with Gasteiger partial charge in [0.05, 0.1) is 5.69 Å². The summed E-state index contributed by atoms with van der Waals surface area (Å²) in [5.41, 5.74) is 2.26. The smallest absolute Gasteiger partial charge is 0.204 e. The highest BCUT2D eigenvalue weighted by molar-refractivity contribution is 6.01. The Morgan fingerprint density at radius 2 is 1.93 bits per heavy atom. The van der Waals surface area contributed by atoms with E-state index < -0.39 is 6.61 Å². The highest BCUT2D eigenvalue weighted by atomic mass is 16.3. The van der Waals surface area contributed by atoms with Gasteiger partial charge in [0.2, 0.25) is 5.78 Å². The third kappa shape index (κ3) is 1.82. The first-order valence-corrected chi connectivity index (χ1v) is 4.70. The standard InChI is InChI=1S/C12H11NO2/c14-8-11(15)12-10(6-7-13-12)9-4-2-1-3-5-9/h1-7,13-14H,8H2. The van der Waals surface area contributed by atoms with Gasteiger partial charge in [0.1, 0.15) is 6.61 Å². The zero-order valence-electron chi connectivity index (χ0n) is 8.10. The fraction of sp³-hybridized carbons (Fsp3) is 0.0833. The summed E-state index contributed by atoms with van der Waals surface area (Å²) in [5, 5.41) is 8.81. The van der Waals surface area contributed by atoms with Crippen LogP contribution in [-0.2, 0) is 0 Å². The molecule has 3 heteroatoms. The Kier molecular flexibility index (Phi) is 2.65. The first-order valence-electron chi connectivity index (χ1n) is 4.70. The lowest BCUT2D eigenvalue weighted by Gasteiger charge is -2.01. The van der Waals surface area contributed by atoms with Crippen LogP contribution in [0.15, 0.2) is 42.6 Å². The van der Waals surface area contributed by atoms with Crippen LogP contribution in [0.5, 0.6) is 0 Å². The second-order valence-electron chi connectivity index (χ2n) is 3.21. The van der Waals surface area contributed by atoms with Crippen LogP contribution in [-0.4, -0.2) is 22.5 Å². The molecule has 1 aromatic heterocycles. The molecule has 1 aromatic carbocycles. The summed E-state index contributed by atoms with van der Waals surface area (Å²) in [6, 6.07) is 11.4. The maximum atomic E-state index is 11.4. The van der Waals surface area contributed by atoms with Gasteiger partial charge in [0.25, 0.3) is 0 Å². The molecular weight excluding hydrogens is 190 g/mol. The number of rotatable bonds is 3. The predicted octanol–water partition coefficient (Wildman–Crippen LogP) is 1.86. The molecule has 76 valence electrons. The summed E-state index contributed by atoms with van der Waals surface area (Å²) in [5.74, 6) is -0.293. The van der Waals surface area contributed by atoms with E-state index in [1.165, 1.54) is 0 Å². The van der Waals surface area contributed by atoms with Gasteiger partial charge in [-0.15, -0.1) is 0 Å². The minimum atomic E-state index is -0.472. The van der Waals surface area contributed by atoms with E-state index in [0.717, 1.165) is 11.1 Å². The monoisotopic (exact) mass is 201 g/mol. The quantitative estimate of drug-likeness (QED) is 0.745. The summed E-state index contributed by atoms with van der Waals surface area (Å²) in [6.45, 7) is -0.472. The summed E-state index contributed by atoms with van der Waals surface area (Å²) in [6.07, 6.45) is 1.70. The van der Waals surface area contributed by atoms with Crippen molar-refractivity contribution in [2.75, 3.05) is 6.61 Å².